The summed E-state index contributed by atoms with van der Waals surface area (Å²) in [6.07, 6.45) is 7.27. The van der Waals surface area contributed by atoms with Crippen LogP contribution in [0.2, 0.25) is 0 Å². The van der Waals surface area contributed by atoms with E-state index in [4.69, 9.17) is 9.97 Å². The van der Waals surface area contributed by atoms with Crippen molar-refractivity contribution in [2.75, 3.05) is 24.5 Å². The van der Waals surface area contributed by atoms with Crippen molar-refractivity contribution in [3.8, 4) is 0 Å². The van der Waals surface area contributed by atoms with Crippen LogP contribution in [0.4, 0.5) is 5.82 Å². The molecule has 0 aliphatic carbocycles. The molecule has 0 radical (unpaired) electrons. The van der Waals surface area contributed by atoms with Crippen LogP contribution in [-0.4, -0.2) is 35.6 Å². The summed E-state index contributed by atoms with van der Waals surface area (Å²) in [5.41, 5.74) is 2.69. The number of rotatable bonds is 5. The van der Waals surface area contributed by atoms with Gasteiger partial charge in [0.1, 0.15) is 11.6 Å². The zero-order valence-electron chi connectivity index (χ0n) is 15.8. The first-order valence-corrected chi connectivity index (χ1v) is 10.2. The smallest absolute Gasteiger partial charge is 0.132 e. The predicted octanol–water partition coefficient (Wildman–Crippen LogP) is 3.85. The zero-order chi connectivity index (χ0) is 17.8. The molecule has 0 spiro atoms. The summed E-state index contributed by atoms with van der Waals surface area (Å²) < 4.78 is 0. The molecule has 2 aliphatic heterocycles. The Morgan fingerprint density at radius 3 is 2.69 bits per heavy atom. The van der Waals surface area contributed by atoms with Crippen molar-refractivity contribution in [1.29, 1.82) is 0 Å². The molecule has 4 rings (SSSR count). The highest BCUT2D eigenvalue weighted by molar-refractivity contribution is 5.43. The molecule has 2 aromatic rings. The molecule has 1 aromatic heterocycles. The van der Waals surface area contributed by atoms with Gasteiger partial charge in [-0.1, -0.05) is 30.3 Å². The highest BCUT2D eigenvalue weighted by Crippen LogP contribution is 2.30. The molecule has 0 saturated carbocycles. The van der Waals surface area contributed by atoms with Gasteiger partial charge in [-0.25, -0.2) is 9.97 Å². The first kappa shape index (κ1) is 17.5. The molecule has 1 N–H and O–H groups in total. The number of nitrogens with one attached hydrogen (secondary N) is 1. The molecule has 1 unspecified atom stereocenters. The van der Waals surface area contributed by atoms with Crippen LogP contribution in [0.3, 0.4) is 0 Å². The fourth-order valence-corrected chi connectivity index (χ4v) is 4.46. The summed E-state index contributed by atoms with van der Waals surface area (Å²) in [6.45, 7) is 5.38. The maximum absolute atomic E-state index is 4.82. The van der Waals surface area contributed by atoms with Crippen molar-refractivity contribution in [3.05, 3.63) is 53.5 Å². The molecule has 0 amide bonds. The minimum atomic E-state index is 0.585. The number of hydrogen-bond donors (Lipinski definition) is 1. The normalized spacial score (nSPS) is 21.3. The second-order valence-electron chi connectivity index (χ2n) is 7.74. The summed E-state index contributed by atoms with van der Waals surface area (Å²) in [6, 6.07) is 13.7. The molecule has 1 aromatic carbocycles. The van der Waals surface area contributed by atoms with Gasteiger partial charge in [0.05, 0.1) is 0 Å². The van der Waals surface area contributed by atoms with Gasteiger partial charge >= 0.3 is 0 Å². The molecule has 26 heavy (non-hydrogen) atoms. The van der Waals surface area contributed by atoms with Crippen LogP contribution in [0.15, 0.2) is 36.4 Å². The lowest BCUT2D eigenvalue weighted by Gasteiger charge is -2.28. The van der Waals surface area contributed by atoms with E-state index in [2.05, 4.69) is 46.6 Å². The van der Waals surface area contributed by atoms with Gasteiger partial charge in [-0.15, -0.1) is 0 Å². The van der Waals surface area contributed by atoms with E-state index in [1.807, 2.05) is 6.92 Å². The van der Waals surface area contributed by atoms with Crippen molar-refractivity contribution >= 4 is 5.82 Å². The fraction of sp³-hybridized carbons (Fsp3) is 0.545. The average Bonchev–Trinajstić information content (AvgIpc) is 3.16. The topological polar surface area (TPSA) is 41.1 Å². The summed E-state index contributed by atoms with van der Waals surface area (Å²) in [5.74, 6) is 2.66. The van der Waals surface area contributed by atoms with E-state index >= 15 is 0 Å². The monoisotopic (exact) mass is 350 g/mol. The van der Waals surface area contributed by atoms with Crippen LogP contribution in [0.1, 0.15) is 55.1 Å². The summed E-state index contributed by atoms with van der Waals surface area (Å²) >= 11 is 0. The molecule has 2 aliphatic rings. The van der Waals surface area contributed by atoms with Crippen LogP contribution in [-0.2, 0) is 6.42 Å². The maximum atomic E-state index is 4.82. The van der Waals surface area contributed by atoms with E-state index < -0.39 is 0 Å². The number of aromatic nitrogens is 2. The third kappa shape index (κ3) is 4.07. The van der Waals surface area contributed by atoms with Gasteiger partial charge in [0.25, 0.3) is 0 Å². The second kappa shape index (κ2) is 8.17. The van der Waals surface area contributed by atoms with E-state index in [0.29, 0.717) is 12.0 Å². The van der Waals surface area contributed by atoms with Crippen LogP contribution in [0.25, 0.3) is 0 Å². The van der Waals surface area contributed by atoms with Gasteiger partial charge in [-0.3, -0.25) is 0 Å². The highest BCUT2D eigenvalue weighted by Gasteiger charge is 2.27. The predicted molar refractivity (Wildman–Crippen MR) is 107 cm³/mol. The third-order valence-corrected chi connectivity index (χ3v) is 5.88. The van der Waals surface area contributed by atoms with Crippen molar-refractivity contribution in [2.24, 2.45) is 0 Å². The lowest BCUT2D eigenvalue weighted by Crippen LogP contribution is -2.31. The van der Waals surface area contributed by atoms with Gasteiger partial charge in [0.2, 0.25) is 0 Å². The summed E-state index contributed by atoms with van der Waals surface area (Å²) in [7, 11) is 0. The van der Waals surface area contributed by atoms with Crippen molar-refractivity contribution < 1.29 is 0 Å². The molecule has 2 saturated heterocycles. The number of anilines is 1. The summed E-state index contributed by atoms with van der Waals surface area (Å²) in [5, 5.41) is 3.45. The van der Waals surface area contributed by atoms with Crippen molar-refractivity contribution in [2.45, 2.75) is 57.4 Å². The van der Waals surface area contributed by atoms with Gasteiger partial charge in [0.15, 0.2) is 0 Å². The van der Waals surface area contributed by atoms with Crippen LogP contribution < -0.4 is 10.2 Å². The first-order chi connectivity index (χ1) is 12.8. The van der Waals surface area contributed by atoms with Crippen LogP contribution in [0.5, 0.6) is 0 Å². The highest BCUT2D eigenvalue weighted by atomic mass is 15.2. The lowest BCUT2D eigenvalue weighted by molar-refractivity contribution is 0.452. The maximum Gasteiger partial charge on any atom is 0.132 e. The van der Waals surface area contributed by atoms with Gasteiger partial charge in [0, 0.05) is 30.3 Å². The Kier molecular flexibility index (Phi) is 5.49. The minimum absolute atomic E-state index is 0.585. The average molecular weight is 351 g/mol. The number of nitrogens with zero attached hydrogens (tertiary/aromatic N) is 3. The molecule has 4 heteroatoms. The Morgan fingerprint density at radius 1 is 1.08 bits per heavy atom. The molecule has 2 fully saturated rings. The summed E-state index contributed by atoms with van der Waals surface area (Å²) in [4.78, 5) is 12.1. The molecule has 0 bridgehead atoms. The van der Waals surface area contributed by atoms with Crippen molar-refractivity contribution in [3.63, 3.8) is 0 Å². The Balaban J connectivity index is 1.49. The van der Waals surface area contributed by atoms with Crippen LogP contribution in [0, 0.1) is 6.92 Å². The molecular weight excluding hydrogens is 320 g/mol. The molecule has 138 valence electrons. The SMILES string of the molecule is Cc1nc(C2CCNCC2)cc(N2CCCC2CCc2ccccc2)n1. The number of aryl methyl sites for hydroxylation is 2. The lowest BCUT2D eigenvalue weighted by atomic mass is 9.94. The number of hydrogen-bond acceptors (Lipinski definition) is 4. The Hall–Kier alpha value is -1.94. The van der Waals surface area contributed by atoms with E-state index in [1.54, 1.807) is 0 Å². The van der Waals surface area contributed by atoms with E-state index in [0.717, 1.165) is 37.7 Å². The number of benzene rings is 1. The fourth-order valence-electron chi connectivity index (χ4n) is 4.46. The zero-order valence-corrected chi connectivity index (χ0v) is 15.8. The van der Waals surface area contributed by atoms with E-state index in [9.17, 15) is 0 Å². The molecular formula is C22H30N4. The number of piperidine rings is 1. The Bertz CT molecular complexity index is 709. The second-order valence-corrected chi connectivity index (χ2v) is 7.74. The van der Waals surface area contributed by atoms with Gasteiger partial charge < -0.3 is 10.2 Å². The Morgan fingerprint density at radius 2 is 1.88 bits per heavy atom. The molecule has 4 nitrogen and oxygen atoms in total. The molecule has 3 heterocycles. The minimum Gasteiger partial charge on any atom is -0.354 e. The quantitative estimate of drug-likeness (QED) is 0.889. The van der Waals surface area contributed by atoms with Gasteiger partial charge in [-0.2, -0.15) is 0 Å². The Labute approximate surface area is 157 Å². The van der Waals surface area contributed by atoms with Crippen molar-refractivity contribution in [1.82, 2.24) is 15.3 Å². The molecule has 1 atom stereocenters. The standard InChI is InChI=1S/C22H30N4/c1-17-24-21(19-11-13-23-14-12-19)16-22(25-17)26-15-5-8-20(26)10-9-18-6-3-2-4-7-18/h2-4,6-7,16,19-20,23H,5,8-15H2,1H3. The van der Waals surface area contributed by atoms with E-state index in [1.165, 1.54) is 43.4 Å². The van der Waals surface area contributed by atoms with Gasteiger partial charge in [-0.05, 0) is 64.1 Å². The largest absolute Gasteiger partial charge is 0.354 e. The van der Waals surface area contributed by atoms with E-state index in [-0.39, 0.29) is 0 Å². The first-order valence-electron chi connectivity index (χ1n) is 10.2. The van der Waals surface area contributed by atoms with Crippen LogP contribution >= 0.6 is 0 Å². The third-order valence-electron chi connectivity index (χ3n) is 5.88.